The van der Waals surface area contributed by atoms with Crippen LogP contribution in [0.2, 0.25) is 10.0 Å². The maximum absolute atomic E-state index is 11.3. The monoisotopic (exact) mass is 396 g/mol. The van der Waals surface area contributed by atoms with Gasteiger partial charge in [-0.25, -0.2) is 9.78 Å². The highest BCUT2D eigenvalue weighted by atomic mass is 35.5. The van der Waals surface area contributed by atoms with Crippen molar-refractivity contribution in [3.8, 4) is 11.4 Å². The molecule has 0 fully saturated rings. The number of halogens is 2. The highest BCUT2D eigenvalue weighted by Crippen LogP contribution is 2.28. The van der Waals surface area contributed by atoms with E-state index in [0.29, 0.717) is 22.1 Å². The first-order valence-electron chi connectivity index (χ1n) is 8.25. The summed E-state index contributed by atoms with van der Waals surface area (Å²) in [6.45, 7) is 0.581. The highest BCUT2D eigenvalue weighted by Gasteiger charge is 2.15. The zero-order valence-electron chi connectivity index (χ0n) is 14.1. The Morgan fingerprint density at radius 2 is 1.56 bits per heavy atom. The molecular weight excluding hydrogens is 383 g/mol. The van der Waals surface area contributed by atoms with Crippen molar-refractivity contribution >= 4 is 40.2 Å². The van der Waals surface area contributed by atoms with E-state index in [1.54, 1.807) is 18.2 Å². The summed E-state index contributed by atoms with van der Waals surface area (Å²) in [5.41, 5.74) is 3.67. The summed E-state index contributed by atoms with van der Waals surface area (Å²) in [6, 6.07) is 20.0. The predicted octanol–water partition coefficient (Wildman–Crippen LogP) is 5.76. The molecule has 4 nitrogen and oxygen atoms in total. The maximum Gasteiger partial charge on any atom is 0.335 e. The largest absolute Gasteiger partial charge is 0.478 e. The van der Waals surface area contributed by atoms with E-state index < -0.39 is 5.97 Å². The van der Waals surface area contributed by atoms with Crippen LogP contribution in [0.3, 0.4) is 0 Å². The first kappa shape index (κ1) is 17.6. The van der Waals surface area contributed by atoms with E-state index in [4.69, 9.17) is 28.2 Å². The quantitative estimate of drug-likeness (QED) is 0.477. The molecule has 0 atom stereocenters. The lowest BCUT2D eigenvalue weighted by atomic mass is 10.2. The molecule has 1 N–H and O–H groups in total. The molecule has 134 valence electrons. The molecule has 1 heterocycles. The van der Waals surface area contributed by atoms with Crippen molar-refractivity contribution in [2.24, 2.45) is 0 Å². The minimum atomic E-state index is -0.975. The molecule has 6 heteroatoms. The van der Waals surface area contributed by atoms with Gasteiger partial charge < -0.3 is 9.67 Å². The molecule has 0 saturated carbocycles. The SMILES string of the molecule is O=C(O)c1ccc2c(c1)nc(-c1ccc(Cl)cc1)n2Cc1ccc(Cl)cc1. The number of carbonyl (C=O) groups is 1. The average Bonchev–Trinajstić information content (AvgIpc) is 3.02. The number of rotatable bonds is 4. The number of hydrogen-bond donors (Lipinski definition) is 1. The number of nitrogens with zero attached hydrogens (tertiary/aromatic N) is 2. The van der Waals surface area contributed by atoms with Gasteiger partial charge in [0.2, 0.25) is 0 Å². The van der Waals surface area contributed by atoms with Crippen LogP contribution in [0.4, 0.5) is 0 Å². The molecule has 4 aromatic rings. The number of hydrogen-bond acceptors (Lipinski definition) is 2. The third-order valence-electron chi connectivity index (χ3n) is 4.35. The Labute approximate surface area is 165 Å². The molecule has 0 unspecified atom stereocenters. The molecule has 27 heavy (non-hydrogen) atoms. The van der Waals surface area contributed by atoms with Gasteiger partial charge in [-0.15, -0.1) is 0 Å². The predicted molar refractivity (Wildman–Crippen MR) is 108 cm³/mol. The molecule has 0 bridgehead atoms. The maximum atomic E-state index is 11.3. The molecule has 0 radical (unpaired) electrons. The first-order valence-corrected chi connectivity index (χ1v) is 9.01. The number of aromatic carboxylic acids is 1. The molecule has 1 aromatic heterocycles. The Kier molecular flexibility index (Phi) is 4.60. The van der Waals surface area contributed by atoms with E-state index in [2.05, 4.69) is 4.57 Å². The van der Waals surface area contributed by atoms with Crippen molar-refractivity contribution in [1.29, 1.82) is 0 Å². The minimum Gasteiger partial charge on any atom is -0.478 e. The molecule has 0 aliphatic carbocycles. The van der Waals surface area contributed by atoms with E-state index in [-0.39, 0.29) is 5.56 Å². The van der Waals surface area contributed by atoms with Crippen LogP contribution in [-0.4, -0.2) is 20.6 Å². The topological polar surface area (TPSA) is 55.1 Å². The van der Waals surface area contributed by atoms with Crippen LogP contribution in [0.1, 0.15) is 15.9 Å². The molecule has 0 amide bonds. The number of carboxylic acid groups (broad SMARTS) is 1. The lowest BCUT2D eigenvalue weighted by Crippen LogP contribution is -2.02. The fourth-order valence-corrected chi connectivity index (χ4v) is 3.27. The van der Waals surface area contributed by atoms with Crippen molar-refractivity contribution in [2.75, 3.05) is 0 Å². The van der Waals surface area contributed by atoms with E-state index in [1.807, 2.05) is 48.5 Å². The number of carboxylic acids is 1. The second kappa shape index (κ2) is 7.06. The first-order chi connectivity index (χ1) is 13.0. The summed E-state index contributed by atoms with van der Waals surface area (Å²) < 4.78 is 2.06. The summed E-state index contributed by atoms with van der Waals surface area (Å²) in [5.74, 6) is -0.226. The van der Waals surface area contributed by atoms with Crippen molar-refractivity contribution in [1.82, 2.24) is 9.55 Å². The number of fused-ring (bicyclic) bond motifs is 1. The van der Waals surface area contributed by atoms with Crippen LogP contribution >= 0.6 is 23.2 Å². The van der Waals surface area contributed by atoms with Crippen LogP contribution in [0.5, 0.6) is 0 Å². The van der Waals surface area contributed by atoms with Gasteiger partial charge >= 0.3 is 5.97 Å². The van der Waals surface area contributed by atoms with Gasteiger partial charge in [0.1, 0.15) is 5.82 Å². The normalized spacial score (nSPS) is 11.0. The summed E-state index contributed by atoms with van der Waals surface area (Å²) in [5, 5.41) is 10.6. The molecule has 3 aromatic carbocycles. The van der Waals surface area contributed by atoms with Gasteiger partial charge in [0.25, 0.3) is 0 Å². The Morgan fingerprint density at radius 1 is 0.926 bits per heavy atom. The zero-order chi connectivity index (χ0) is 19.0. The smallest absolute Gasteiger partial charge is 0.335 e. The lowest BCUT2D eigenvalue weighted by molar-refractivity contribution is 0.0697. The third-order valence-corrected chi connectivity index (χ3v) is 4.86. The fourth-order valence-electron chi connectivity index (χ4n) is 3.01. The van der Waals surface area contributed by atoms with Crippen LogP contribution in [-0.2, 0) is 6.54 Å². The Bertz CT molecular complexity index is 1130. The summed E-state index contributed by atoms with van der Waals surface area (Å²) in [6.07, 6.45) is 0. The van der Waals surface area contributed by atoms with Crippen LogP contribution < -0.4 is 0 Å². The number of benzene rings is 3. The van der Waals surface area contributed by atoms with Crippen LogP contribution in [0.25, 0.3) is 22.4 Å². The number of aromatic nitrogens is 2. The van der Waals surface area contributed by atoms with Crippen molar-refractivity contribution in [3.05, 3.63) is 87.9 Å². The van der Waals surface area contributed by atoms with Crippen molar-refractivity contribution in [2.45, 2.75) is 6.54 Å². The van der Waals surface area contributed by atoms with Gasteiger partial charge in [-0.05, 0) is 60.2 Å². The van der Waals surface area contributed by atoms with Gasteiger partial charge in [0.15, 0.2) is 0 Å². The van der Waals surface area contributed by atoms with E-state index in [0.717, 1.165) is 22.5 Å². The minimum absolute atomic E-state index is 0.210. The van der Waals surface area contributed by atoms with Gasteiger partial charge in [-0.2, -0.15) is 0 Å². The third kappa shape index (κ3) is 3.54. The summed E-state index contributed by atoms with van der Waals surface area (Å²) >= 11 is 12.0. The Hall–Kier alpha value is -2.82. The van der Waals surface area contributed by atoms with Gasteiger partial charge in [0, 0.05) is 22.2 Å². The van der Waals surface area contributed by atoms with Crippen molar-refractivity contribution < 1.29 is 9.90 Å². The second-order valence-electron chi connectivity index (χ2n) is 6.16. The molecule has 0 spiro atoms. The lowest BCUT2D eigenvalue weighted by Gasteiger charge is -2.10. The van der Waals surface area contributed by atoms with Gasteiger partial charge in [-0.3, -0.25) is 0 Å². The van der Waals surface area contributed by atoms with Crippen LogP contribution in [0, 0.1) is 0 Å². The molecule has 0 saturated heterocycles. The van der Waals surface area contributed by atoms with Crippen molar-refractivity contribution in [3.63, 3.8) is 0 Å². The molecule has 0 aliphatic rings. The zero-order valence-corrected chi connectivity index (χ0v) is 15.6. The summed E-state index contributed by atoms with van der Waals surface area (Å²) in [7, 11) is 0. The molecule has 4 rings (SSSR count). The number of imidazole rings is 1. The Balaban J connectivity index is 1.89. The highest BCUT2D eigenvalue weighted by molar-refractivity contribution is 6.30. The van der Waals surface area contributed by atoms with E-state index in [1.165, 1.54) is 0 Å². The standard InChI is InChI=1S/C21H14Cl2N2O2/c22-16-6-1-13(2-7-16)12-25-19-10-5-15(21(26)27)11-18(19)24-20(25)14-3-8-17(23)9-4-14/h1-11H,12H2,(H,26,27). The molecule has 0 aliphatic heterocycles. The Morgan fingerprint density at radius 3 is 2.19 bits per heavy atom. The molecular formula is C21H14Cl2N2O2. The van der Waals surface area contributed by atoms with Crippen LogP contribution in [0.15, 0.2) is 66.7 Å². The second-order valence-corrected chi connectivity index (χ2v) is 7.04. The summed E-state index contributed by atoms with van der Waals surface area (Å²) in [4.78, 5) is 16.0. The van der Waals surface area contributed by atoms with E-state index in [9.17, 15) is 9.90 Å². The fraction of sp³-hybridized carbons (Fsp3) is 0.0476. The average molecular weight is 397 g/mol. The van der Waals surface area contributed by atoms with Gasteiger partial charge in [-0.1, -0.05) is 35.3 Å². The van der Waals surface area contributed by atoms with E-state index >= 15 is 0 Å². The van der Waals surface area contributed by atoms with Gasteiger partial charge in [0.05, 0.1) is 16.6 Å².